The van der Waals surface area contributed by atoms with E-state index in [1.165, 1.54) is 29.8 Å². The standard InChI is InChI=1S/C12H17N.2C2H6/c1-9(2)11-5-4-10-6-7-13(3)12(10)8-11;2*1-2/h4-5,8-9H,6-7H2,1-3H3;2*1-2H3. The van der Waals surface area contributed by atoms with Crippen LogP contribution in [0.5, 0.6) is 0 Å². The molecular weight excluding hydrogens is 206 g/mol. The molecule has 1 heterocycles. The molecule has 2 rings (SSSR count). The Labute approximate surface area is 108 Å². The Bertz CT molecular complexity index is 315. The summed E-state index contributed by atoms with van der Waals surface area (Å²) in [5.41, 5.74) is 4.39. The molecule has 0 aromatic heterocycles. The summed E-state index contributed by atoms with van der Waals surface area (Å²) in [5, 5.41) is 0. The van der Waals surface area contributed by atoms with Crippen molar-refractivity contribution in [3.8, 4) is 0 Å². The Morgan fingerprint density at radius 1 is 1.06 bits per heavy atom. The molecule has 0 amide bonds. The first kappa shape index (κ1) is 16.0. The van der Waals surface area contributed by atoms with Crippen LogP contribution < -0.4 is 4.90 Å². The van der Waals surface area contributed by atoms with E-state index >= 15 is 0 Å². The minimum Gasteiger partial charge on any atom is -0.374 e. The van der Waals surface area contributed by atoms with Crippen LogP contribution in [0, 0.1) is 0 Å². The fourth-order valence-corrected chi connectivity index (χ4v) is 1.92. The summed E-state index contributed by atoms with van der Waals surface area (Å²) in [5.74, 6) is 0.638. The molecule has 1 aliphatic heterocycles. The van der Waals surface area contributed by atoms with Gasteiger partial charge in [0.1, 0.15) is 0 Å². The second-order valence-corrected chi connectivity index (χ2v) is 4.21. The van der Waals surface area contributed by atoms with Gasteiger partial charge in [-0.15, -0.1) is 0 Å². The molecule has 0 radical (unpaired) electrons. The number of rotatable bonds is 1. The molecule has 0 atom stereocenters. The maximum atomic E-state index is 2.35. The molecule has 0 N–H and O–H groups in total. The average Bonchev–Trinajstić information content (AvgIpc) is 2.75. The van der Waals surface area contributed by atoms with Gasteiger partial charge >= 0.3 is 0 Å². The summed E-state index contributed by atoms with van der Waals surface area (Å²) in [7, 11) is 2.18. The SMILES string of the molecule is CC.CC.CC(C)c1ccc2c(c1)N(C)CC2. The second-order valence-electron chi connectivity index (χ2n) is 4.21. The smallest absolute Gasteiger partial charge is 0.0399 e. The van der Waals surface area contributed by atoms with Gasteiger partial charge < -0.3 is 4.90 Å². The minimum absolute atomic E-state index is 0.638. The van der Waals surface area contributed by atoms with E-state index < -0.39 is 0 Å². The summed E-state index contributed by atoms with van der Waals surface area (Å²) >= 11 is 0. The molecule has 0 aliphatic carbocycles. The molecule has 17 heavy (non-hydrogen) atoms. The lowest BCUT2D eigenvalue weighted by molar-refractivity contribution is 0.865. The first-order chi connectivity index (χ1) is 8.18. The lowest BCUT2D eigenvalue weighted by Gasteiger charge is -2.14. The normalized spacial score (nSPS) is 12.4. The lowest BCUT2D eigenvalue weighted by atomic mass is 10.0. The van der Waals surface area contributed by atoms with Crippen molar-refractivity contribution in [2.75, 3.05) is 18.5 Å². The Morgan fingerprint density at radius 3 is 2.18 bits per heavy atom. The number of likely N-dealkylation sites (N-methyl/N-ethyl adjacent to an activating group) is 1. The van der Waals surface area contributed by atoms with Crippen molar-refractivity contribution in [1.29, 1.82) is 0 Å². The third-order valence-electron chi connectivity index (χ3n) is 2.90. The van der Waals surface area contributed by atoms with Gasteiger partial charge in [-0.3, -0.25) is 0 Å². The molecule has 0 saturated carbocycles. The Kier molecular flexibility index (Phi) is 7.69. The predicted molar refractivity (Wildman–Crippen MR) is 80.2 cm³/mol. The molecular formula is C16H29N. The Morgan fingerprint density at radius 2 is 1.65 bits per heavy atom. The average molecular weight is 235 g/mol. The fraction of sp³-hybridized carbons (Fsp3) is 0.625. The maximum absolute atomic E-state index is 2.35. The third-order valence-corrected chi connectivity index (χ3v) is 2.90. The van der Waals surface area contributed by atoms with Crippen LogP contribution in [0.4, 0.5) is 5.69 Å². The molecule has 1 aromatic rings. The van der Waals surface area contributed by atoms with Gasteiger partial charge in [-0.05, 0) is 29.5 Å². The highest BCUT2D eigenvalue weighted by Gasteiger charge is 2.15. The van der Waals surface area contributed by atoms with Crippen LogP contribution in [-0.4, -0.2) is 13.6 Å². The maximum Gasteiger partial charge on any atom is 0.0399 e. The number of fused-ring (bicyclic) bond motifs is 1. The monoisotopic (exact) mass is 235 g/mol. The fourth-order valence-electron chi connectivity index (χ4n) is 1.92. The van der Waals surface area contributed by atoms with Gasteiger partial charge in [0.25, 0.3) is 0 Å². The zero-order valence-corrected chi connectivity index (χ0v) is 12.7. The van der Waals surface area contributed by atoms with Gasteiger partial charge in [-0.2, -0.15) is 0 Å². The van der Waals surface area contributed by atoms with E-state index in [0.717, 1.165) is 0 Å². The summed E-state index contributed by atoms with van der Waals surface area (Å²) in [4.78, 5) is 2.35. The van der Waals surface area contributed by atoms with E-state index in [2.05, 4.69) is 44.0 Å². The van der Waals surface area contributed by atoms with E-state index in [4.69, 9.17) is 0 Å². The van der Waals surface area contributed by atoms with Crippen LogP contribution >= 0.6 is 0 Å². The number of nitrogens with zero attached hydrogens (tertiary/aromatic N) is 1. The van der Waals surface area contributed by atoms with E-state index in [9.17, 15) is 0 Å². The van der Waals surface area contributed by atoms with Crippen molar-refractivity contribution in [1.82, 2.24) is 0 Å². The lowest BCUT2D eigenvalue weighted by Crippen LogP contribution is -2.12. The van der Waals surface area contributed by atoms with Crippen molar-refractivity contribution < 1.29 is 0 Å². The van der Waals surface area contributed by atoms with Gasteiger partial charge in [0.2, 0.25) is 0 Å². The summed E-state index contributed by atoms with van der Waals surface area (Å²) in [6.45, 7) is 13.7. The van der Waals surface area contributed by atoms with Crippen molar-refractivity contribution in [3.05, 3.63) is 29.3 Å². The highest BCUT2D eigenvalue weighted by Crippen LogP contribution is 2.29. The molecule has 1 aliphatic rings. The molecule has 1 heteroatoms. The third kappa shape index (κ3) is 4.07. The number of hydrogen-bond donors (Lipinski definition) is 0. The quantitative estimate of drug-likeness (QED) is 0.672. The van der Waals surface area contributed by atoms with Gasteiger partial charge in [0.15, 0.2) is 0 Å². The van der Waals surface area contributed by atoms with E-state index in [-0.39, 0.29) is 0 Å². The highest BCUT2D eigenvalue weighted by atomic mass is 15.1. The number of hydrogen-bond acceptors (Lipinski definition) is 1. The van der Waals surface area contributed by atoms with Gasteiger partial charge in [0, 0.05) is 19.3 Å². The van der Waals surface area contributed by atoms with Crippen molar-refractivity contribution in [3.63, 3.8) is 0 Å². The highest BCUT2D eigenvalue weighted by molar-refractivity contribution is 5.59. The number of benzene rings is 1. The largest absolute Gasteiger partial charge is 0.374 e. The van der Waals surface area contributed by atoms with Crippen LogP contribution in [0.1, 0.15) is 58.6 Å². The first-order valence-corrected chi connectivity index (χ1v) is 7.02. The van der Waals surface area contributed by atoms with Gasteiger partial charge in [-0.25, -0.2) is 0 Å². The summed E-state index contributed by atoms with van der Waals surface area (Å²) in [6, 6.07) is 6.89. The topological polar surface area (TPSA) is 3.24 Å². The molecule has 0 bridgehead atoms. The zero-order chi connectivity index (χ0) is 13.4. The Hall–Kier alpha value is -0.980. The molecule has 1 aromatic carbocycles. The Balaban J connectivity index is 0.000000581. The van der Waals surface area contributed by atoms with Crippen LogP contribution in [0.25, 0.3) is 0 Å². The van der Waals surface area contributed by atoms with Crippen LogP contribution in [0.2, 0.25) is 0 Å². The van der Waals surface area contributed by atoms with Crippen molar-refractivity contribution in [2.45, 2.75) is 53.9 Å². The second kappa shape index (κ2) is 8.16. The number of anilines is 1. The molecule has 0 unspecified atom stereocenters. The van der Waals surface area contributed by atoms with Gasteiger partial charge in [0.05, 0.1) is 0 Å². The van der Waals surface area contributed by atoms with Gasteiger partial charge in [-0.1, -0.05) is 53.7 Å². The van der Waals surface area contributed by atoms with Crippen LogP contribution in [0.15, 0.2) is 18.2 Å². The molecule has 0 spiro atoms. The molecule has 0 saturated heterocycles. The zero-order valence-electron chi connectivity index (χ0n) is 12.7. The summed E-state index contributed by atoms with van der Waals surface area (Å²) in [6.07, 6.45) is 1.21. The first-order valence-electron chi connectivity index (χ1n) is 7.02. The predicted octanol–water partition coefficient (Wildman–Crippen LogP) is 4.85. The van der Waals surface area contributed by atoms with Crippen LogP contribution in [-0.2, 0) is 6.42 Å². The van der Waals surface area contributed by atoms with Crippen molar-refractivity contribution in [2.24, 2.45) is 0 Å². The van der Waals surface area contributed by atoms with E-state index in [0.29, 0.717) is 5.92 Å². The molecule has 98 valence electrons. The summed E-state index contributed by atoms with van der Waals surface area (Å²) < 4.78 is 0. The van der Waals surface area contributed by atoms with E-state index in [1.54, 1.807) is 0 Å². The van der Waals surface area contributed by atoms with Crippen LogP contribution in [0.3, 0.4) is 0 Å². The minimum atomic E-state index is 0.638. The van der Waals surface area contributed by atoms with E-state index in [1.807, 2.05) is 27.7 Å². The molecule has 1 nitrogen and oxygen atoms in total. The molecule has 0 fully saturated rings. The van der Waals surface area contributed by atoms with Crippen molar-refractivity contribution >= 4 is 5.69 Å².